The molecule has 0 aromatic heterocycles. The van der Waals surface area contributed by atoms with E-state index < -0.39 is 24.8 Å². The van der Waals surface area contributed by atoms with Crippen LogP contribution in [0.1, 0.15) is 19.3 Å². The Kier molecular flexibility index (Phi) is 4.80. The van der Waals surface area contributed by atoms with Gasteiger partial charge >= 0.3 is 12.3 Å². The predicted molar refractivity (Wildman–Crippen MR) is 55.5 cm³/mol. The average molecular weight is 268 g/mol. The Morgan fingerprint density at radius 1 is 1.28 bits per heavy atom. The van der Waals surface area contributed by atoms with Gasteiger partial charge in [0.1, 0.15) is 0 Å². The lowest BCUT2D eigenvalue weighted by Crippen LogP contribution is -2.40. The smallest absolute Gasteiger partial charge is 0.422 e. The van der Waals surface area contributed by atoms with Crippen LogP contribution >= 0.6 is 0 Å². The summed E-state index contributed by atoms with van der Waals surface area (Å²) < 4.78 is 39.7. The molecule has 18 heavy (non-hydrogen) atoms. The Balaban J connectivity index is 2.29. The third-order valence-corrected chi connectivity index (χ3v) is 2.72. The molecule has 1 heterocycles. The van der Waals surface area contributed by atoms with Crippen LogP contribution in [0, 0.1) is 5.92 Å². The highest BCUT2D eigenvalue weighted by Gasteiger charge is 2.31. The standard InChI is InChI=1S/C10H15F3N2O3/c11-10(12,13)6-18-9(17)15-3-1-7(2-4-15)5-8(14)16/h7H,1-6H2,(H2,14,16). The van der Waals surface area contributed by atoms with Gasteiger partial charge in [-0.2, -0.15) is 13.2 Å². The lowest BCUT2D eigenvalue weighted by atomic mass is 9.93. The topological polar surface area (TPSA) is 72.6 Å². The minimum absolute atomic E-state index is 0.0918. The first-order valence-electron chi connectivity index (χ1n) is 5.54. The number of nitrogens with zero attached hydrogens (tertiary/aromatic N) is 1. The van der Waals surface area contributed by atoms with E-state index in [4.69, 9.17) is 5.73 Å². The maximum atomic E-state index is 11.8. The minimum Gasteiger partial charge on any atom is -0.440 e. The summed E-state index contributed by atoms with van der Waals surface area (Å²) in [6.07, 6.45) is -4.15. The van der Waals surface area contributed by atoms with Gasteiger partial charge in [-0.25, -0.2) is 4.79 Å². The second kappa shape index (κ2) is 5.92. The number of carbonyl (C=O) groups excluding carboxylic acids is 2. The van der Waals surface area contributed by atoms with Crippen molar-refractivity contribution in [3.05, 3.63) is 0 Å². The first kappa shape index (κ1) is 14.6. The summed E-state index contributed by atoms with van der Waals surface area (Å²) >= 11 is 0. The van der Waals surface area contributed by atoms with E-state index in [0.29, 0.717) is 12.8 Å². The van der Waals surface area contributed by atoms with Crippen molar-refractivity contribution >= 4 is 12.0 Å². The summed E-state index contributed by atoms with van der Waals surface area (Å²) in [4.78, 5) is 23.2. The highest BCUT2D eigenvalue weighted by molar-refractivity contribution is 5.74. The lowest BCUT2D eigenvalue weighted by Gasteiger charge is -2.30. The van der Waals surface area contributed by atoms with Gasteiger partial charge in [-0.15, -0.1) is 0 Å². The number of amides is 2. The molecule has 2 amide bonds. The third-order valence-electron chi connectivity index (χ3n) is 2.72. The SMILES string of the molecule is NC(=O)CC1CCN(C(=O)OCC(F)(F)F)CC1. The van der Waals surface area contributed by atoms with Crippen molar-refractivity contribution in [2.24, 2.45) is 11.7 Å². The Bertz CT molecular complexity index is 312. The Hall–Kier alpha value is -1.47. The number of hydrogen-bond donors (Lipinski definition) is 1. The minimum atomic E-state index is -4.51. The molecule has 0 unspecified atom stereocenters. The molecule has 0 radical (unpaired) electrons. The first-order valence-corrected chi connectivity index (χ1v) is 5.54. The van der Waals surface area contributed by atoms with Crippen LogP contribution < -0.4 is 5.73 Å². The van der Waals surface area contributed by atoms with E-state index in [-0.39, 0.29) is 25.4 Å². The second-order valence-corrected chi connectivity index (χ2v) is 4.27. The van der Waals surface area contributed by atoms with Gasteiger partial charge < -0.3 is 15.4 Å². The molecule has 0 bridgehead atoms. The summed E-state index contributed by atoms with van der Waals surface area (Å²) in [5.41, 5.74) is 5.04. The van der Waals surface area contributed by atoms with Gasteiger partial charge in [0.25, 0.3) is 0 Å². The van der Waals surface area contributed by atoms with Crippen molar-refractivity contribution in [3.8, 4) is 0 Å². The summed E-state index contributed by atoms with van der Waals surface area (Å²) in [5.74, 6) is -0.317. The van der Waals surface area contributed by atoms with E-state index in [1.165, 1.54) is 4.90 Å². The molecule has 1 saturated heterocycles. The number of alkyl halides is 3. The second-order valence-electron chi connectivity index (χ2n) is 4.27. The molecule has 1 aliphatic rings. The number of rotatable bonds is 3. The molecular weight excluding hydrogens is 253 g/mol. The van der Waals surface area contributed by atoms with Crippen LogP contribution in [0.5, 0.6) is 0 Å². The maximum absolute atomic E-state index is 11.8. The van der Waals surface area contributed by atoms with Crippen molar-refractivity contribution in [2.75, 3.05) is 19.7 Å². The number of carbonyl (C=O) groups is 2. The van der Waals surface area contributed by atoms with E-state index in [1.807, 2.05) is 0 Å². The molecule has 0 saturated carbocycles. The number of hydrogen-bond acceptors (Lipinski definition) is 3. The van der Waals surface area contributed by atoms with Gasteiger partial charge in [0.05, 0.1) is 0 Å². The third kappa shape index (κ3) is 5.24. The molecule has 5 nitrogen and oxygen atoms in total. The maximum Gasteiger partial charge on any atom is 0.422 e. The van der Waals surface area contributed by atoms with Crippen LogP contribution in [0.3, 0.4) is 0 Å². The van der Waals surface area contributed by atoms with Crippen LogP contribution in [0.15, 0.2) is 0 Å². The number of likely N-dealkylation sites (tertiary alicyclic amines) is 1. The fourth-order valence-corrected chi connectivity index (χ4v) is 1.84. The monoisotopic (exact) mass is 268 g/mol. The summed E-state index contributed by atoms with van der Waals surface area (Å²) in [6.45, 7) is -1.00. The summed E-state index contributed by atoms with van der Waals surface area (Å²) in [7, 11) is 0. The van der Waals surface area contributed by atoms with Gasteiger partial charge in [-0.3, -0.25) is 4.79 Å². The molecule has 0 aliphatic carbocycles. The fourth-order valence-electron chi connectivity index (χ4n) is 1.84. The molecule has 0 aromatic rings. The van der Waals surface area contributed by atoms with Gasteiger partial charge in [-0.05, 0) is 18.8 Å². The van der Waals surface area contributed by atoms with E-state index in [0.717, 1.165) is 0 Å². The normalized spacial score (nSPS) is 17.6. The van der Waals surface area contributed by atoms with E-state index in [9.17, 15) is 22.8 Å². The molecule has 8 heteroatoms. The zero-order valence-electron chi connectivity index (χ0n) is 9.70. The first-order chi connectivity index (χ1) is 8.28. The number of halogens is 3. The molecular formula is C10H15F3N2O3. The van der Waals surface area contributed by atoms with Crippen molar-refractivity contribution < 1.29 is 27.5 Å². The predicted octanol–water partition coefficient (Wildman–Crippen LogP) is 1.27. The van der Waals surface area contributed by atoms with Crippen LogP contribution in [-0.4, -0.2) is 42.8 Å². The molecule has 2 N–H and O–H groups in total. The zero-order valence-corrected chi connectivity index (χ0v) is 9.70. The summed E-state index contributed by atoms with van der Waals surface area (Å²) in [5, 5.41) is 0. The number of ether oxygens (including phenoxy) is 1. The Morgan fingerprint density at radius 2 is 1.83 bits per heavy atom. The lowest BCUT2D eigenvalue weighted by molar-refractivity contribution is -0.162. The Labute approximate surface area is 102 Å². The number of piperidine rings is 1. The largest absolute Gasteiger partial charge is 0.440 e. The molecule has 1 rings (SSSR count). The van der Waals surface area contributed by atoms with Gasteiger partial charge in [0.2, 0.25) is 5.91 Å². The molecule has 0 atom stereocenters. The van der Waals surface area contributed by atoms with Gasteiger partial charge in [0, 0.05) is 19.5 Å². The van der Waals surface area contributed by atoms with Crippen LogP contribution in [-0.2, 0) is 9.53 Å². The fraction of sp³-hybridized carbons (Fsp3) is 0.800. The van der Waals surface area contributed by atoms with Crippen molar-refractivity contribution in [3.63, 3.8) is 0 Å². The van der Waals surface area contributed by atoms with Crippen LogP contribution in [0.4, 0.5) is 18.0 Å². The van der Waals surface area contributed by atoms with E-state index in [2.05, 4.69) is 4.74 Å². The van der Waals surface area contributed by atoms with Gasteiger partial charge in [0.15, 0.2) is 6.61 Å². The molecule has 1 fully saturated rings. The van der Waals surface area contributed by atoms with Crippen molar-refractivity contribution in [1.82, 2.24) is 4.90 Å². The molecule has 1 aliphatic heterocycles. The zero-order chi connectivity index (χ0) is 13.8. The number of primary amides is 1. The Morgan fingerprint density at radius 3 is 2.28 bits per heavy atom. The molecule has 0 spiro atoms. The van der Waals surface area contributed by atoms with Crippen molar-refractivity contribution in [2.45, 2.75) is 25.4 Å². The highest BCUT2D eigenvalue weighted by Crippen LogP contribution is 2.21. The van der Waals surface area contributed by atoms with Crippen LogP contribution in [0.2, 0.25) is 0 Å². The number of nitrogens with two attached hydrogens (primary N) is 1. The highest BCUT2D eigenvalue weighted by atomic mass is 19.4. The van der Waals surface area contributed by atoms with E-state index >= 15 is 0 Å². The summed E-state index contributed by atoms with van der Waals surface area (Å²) in [6, 6.07) is 0. The van der Waals surface area contributed by atoms with E-state index in [1.54, 1.807) is 0 Å². The molecule has 104 valence electrons. The quantitative estimate of drug-likeness (QED) is 0.837. The van der Waals surface area contributed by atoms with Crippen molar-refractivity contribution in [1.29, 1.82) is 0 Å². The average Bonchev–Trinajstić information content (AvgIpc) is 2.25. The van der Waals surface area contributed by atoms with Gasteiger partial charge in [-0.1, -0.05) is 0 Å². The van der Waals surface area contributed by atoms with Crippen LogP contribution in [0.25, 0.3) is 0 Å². The molecule has 0 aromatic carbocycles.